The van der Waals surface area contributed by atoms with Crippen LogP contribution < -0.4 is 4.74 Å². The summed E-state index contributed by atoms with van der Waals surface area (Å²) in [4.78, 5) is 3.18. The summed E-state index contributed by atoms with van der Waals surface area (Å²) in [6.07, 6.45) is 1.98. The summed E-state index contributed by atoms with van der Waals surface area (Å²) in [5, 5.41) is 1.22. The lowest BCUT2D eigenvalue weighted by molar-refractivity contribution is 0.0512. The molecule has 0 spiro atoms. The zero-order chi connectivity index (χ0) is 9.97. The van der Waals surface area contributed by atoms with Crippen molar-refractivity contribution in [3.05, 3.63) is 28.0 Å². The Morgan fingerprint density at radius 2 is 2.29 bits per heavy atom. The number of ether oxygens (including phenoxy) is 2. The number of hydrogen-bond donors (Lipinski definition) is 1. The van der Waals surface area contributed by atoms with Crippen molar-refractivity contribution in [2.24, 2.45) is 0 Å². The fourth-order valence-corrected chi connectivity index (χ4v) is 1.91. The summed E-state index contributed by atoms with van der Waals surface area (Å²) in [7, 11) is 1.61. The molecule has 0 aliphatic heterocycles. The summed E-state index contributed by atoms with van der Waals surface area (Å²) < 4.78 is 11.4. The molecule has 0 saturated carbocycles. The van der Waals surface area contributed by atoms with Gasteiger partial charge in [-0.25, -0.2) is 0 Å². The Kier molecular flexibility index (Phi) is 2.93. The summed E-state index contributed by atoms with van der Waals surface area (Å²) in [6.45, 7) is 0.281. The van der Waals surface area contributed by atoms with Gasteiger partial charge in [0.05, 0.1) is 5.52 Å². The Bertz CT molecular complexity index is 439. The minimum absolute atomic E-state index is 0.281. The van der Waals surface area contributed by atoms with Gasteiger partial charge < -0.3 is 14.5 Å². The third-order valence-corrected chi connectivity index (χ3v) is 2.84. The van der Waals surface area contributed by atoms with Crippen LogP contribution in [0.5, 0.6) is 5.75 Å². The molecule has 1 N–H and O–H groups in total. The van der Waals surface area contributed by atoms with Crippen LogP contribution in [0.25, 0.3) is 10.9 Å². The van der Waals surface area contributed by atoms with Crippen molar-refractivity contribution in [2.45, 2.75) is 0 Å². The van der Waals surface area contributed by atoms with Crippen molar-refractivity contribution < 1.29 is 9.47 Å². The first kappa shape index (κ1) is 9.79. The fourth-order valence-electron chi connectivity index (χ4n) is 1.29. The van der Waals surface area contributed by atoms with Gasteiger partial charge in [0.1, 0.15) is 5.75 Å². The van der Waals surface area contributed by atoms with Crippen LogP contribution in [0.2, 0.25) is 0 Å². The largest absolute Gasteiger partial charge is 0.467 e. The minimum atomic E-state index is 0.281. The number of nitrogens with one attached hydrogen (secondary N) is 1. The highest BCUT2D eigenvalue weighted by molar-refractivity contribution is 14.1. The van der Waals surface area contributed by atoms with Gasteiger partial charge in [0.15, 0.2) is 6.79 Å². The average Bonchev–Trinajstić information content (AvgIpc) is 2.57. The molecule has 0 aliphatic carbocycles. The molecule has 1 aromatic heterocycles. The van der Waals surface area contributed by atoms with Crippen LogP contribution >= 0.6 is 22.6 Å². The molecule has 0 saturated heterocycles. The van der Waals surface area contributed by atoms with Crippen molar-refractivity contribution in [2.75, 3.05) is 13.9 Å². The van der Waals surface area contributed by atoms with E-state index in [1.807, 2.05) is 24.4 Å². The molecular weight excluding hydrogens is 293 g/mol. The van der Waals surface area contributed by atoms with Crippen LogP contribution in [0.3, 0.4) is 0 Å². The van der Waals surface area contributed by atoms with Crippen LogP contribution in [0, 0.1) is 3.57 Å². The van der Waals surface area contributed by atoms with Gasteiger partial charge in [0.25, 0.3) is 0 Å². The lowest BCUT2D eigenvalue weighted by Gasteiger charge is -2.03. The molecule has 0 amide bonds. The van der Waals surface area contributed by atoms with E-state index in [0.717, 1.165) is 11.3 Å². The third kappa shape index (κ3) is 1.85. The molecule has 0 bridgehead atoms. The molecule has 1 aromatic carbocycles. The van der Waals surface area contributed by atoms with Crippen molar-refractivity contribution in [3.63, 3.8) is 0 Å². The number of aromatic nitrogens is 1. The van der Waals surface area contributed by atoms with E-state index < -0.39 is 0 Å². The third-order valence-electron chi connectivity index (χ3n) is 1.95. The van der Waals surface area contributed by atoms with Crippen molar-refractivity contribution in [1.29, 1.82) is 0 Å². The normalized spacial score (nSPS) is 10.7. The standard InChI is InChI=1S/C10H10INO2/c1-13-6-14-7-2-3-8-9(11)5-12-10(8)4-7/h2-5,12H,6H2,1H3. The lowest BCUT2D eigenvalue weighted by atomic mass is 10.2. The summed E-state index contributed by atoms with van der Waals surface area (Å²) in [5.41, 5.74) is 1.09. The van der Waals surface area contributed by atoms with Gasteiger partial charge in [0, 0.05) is 28.3 Å². The molecule has 2 aromatic rings. The fraction of sp³-hybridized carbons (Fsp3) is 0.200. The quantitative estimate of drug-likeness (QED) is 0.699. The average molecular weight is 303 g/mol. The van der Waals surface area contributed by atoms with Gasteiger partial charge in [0.2, 0.25) is 0 Å². The lowest BCUT2D eigenvalue weighted by Crippen LogP contribution is -1.98. The van der Waals surface area contributed by atoms with Gasteiger partial charge in [-0.3, -0.25) is 0 Å². The van der Waals surface area contributed by atoms with E-state index in [-0.39, 0.29) is 6.79 Å². The Balaban J connectivity index is 2.32. The van der Waals surface area contributed by atoms with E-state index in [1.54, 1.807) is 7.11 Å². The molecule has 0 radical (unpaired) electrons. The van der Waals surface area contributed by atoms with Crippen LogP contribution in [-0.2, 0) is 4.74 Å². The SMILES string of the molecule is COCOc1ccc2c(I)c[nH]c2c1. The van der Waals surface area contributed by atoms with E-state index in [9.17, 15) is 0 Å². The zero-order valence-corrected chi connectivity index (χ0v) is 9.87. The first-order valence-corrected chi connectivity index (χ1v) is 5.27. The van der Waals surface area contributed by atoms with E-state index in [4.69, 9.17) is 9.47 Å². The molecule has 1 heterocycles. The predicted octanol–water partition coefficient (Wildman–Crippen LogP) is 2.76. The smallest absolute Gasteiger partial charge is 0.188 e. The van der Waals surface area contributed by atoms with Gasteiger partial charge in [-0.05, 0) is 34.7 Å². The summed E-state index contributed by atoms with van der Waals surface area (Å²) in [5.74, 6) is 0.817. The molecule has 0 fully saturated rings. The van der Waals surface area contributed by atoms with E-state index in [1.165, 1.54) is 8.96 Å². The molecule has 0 atom stereocenters. The topological polar surface area (TPSA) is 34.2 Å². The van der Waals surface area contributed by atoms with Crippen LogP contribution in [0.1, 0.15) is 0 Å². The minimum Gasteiger partial charge on any atom is -0.467 e. The van der Waals surface area contributed by atoms with Crippen LogP contribution in [-0.4, -0.2) is 18.9 Å². The molecule has 74 valence electrons. The predicted molar refractivity (Wildman–Crippen MR) is 63.5 cm³/mol. The highest BCUT2D eigenvalue weighted by Crippen LogP contribution is 2.24. The van der Waals surface area contributed by atoms with Gasteiger partial charge in [-0.1, -0.05) is 0 Å². The Hall–Kier alpha value is -0.750. The van der Waals surface area contributed by atoms with Crippen LogP contribution in [0.15, 0.2) is 24.4 Å². The maximum absolute atomic E-state index is 5.33. The zero-order valence-electron chi connectivity index (χ0n) is 7.71. The number of fused-ring (bicyclic) bond motifs is 1. The molecule has 3 nitrogen and oxygen atoms in total. The molecule has 4 heteroatoms. The molecule has 0 unspecified atom stereocenters. The molecular formula is C10H10INO2. The second-order valence-electron chi connectivity index (χ2n) is 2.89. The summed E-state index contributed by atoms with van der Waals surface area (Å²) in [6, 6.07) is 5.95. The van der Waals surface area contributed by atoms with E-state index >= 15 is 0 Å². The maximum Gasteiger partial charge on any atom is 0.188 e. The monoisotopic (exact) mass is 303 g/mol. The highest BCUT2D eigenvalue weighted by Gasteiger charge is 2.01. The van der Waals surface area contributed by atoms with Crippen molar-refractivity contribution in [1.82, 2.24) is 4.98 Å². The maximum atomic E-state index is 5.33. The number of benzene rings is 1. The van der Waals surface area contributed by atoms with E-state index in [0.29, 0.717) is 0 Å². The number of halogens is 1. The van der Waals surface area contributed by atoms with Crippen molar-refractivity contribution >= 4 is 33.5 Å². The highest BCUT2D eigenvalue weighted by atomic mass is 127. The van der Waals surface area contributed by atoms with Gasteiger partial charge in [-0.15, -0.1) is 0 Å². The van der Waals surface area contributed by atoms with Crippen LogP contribution in [0.4, 0.5) is 0 Å². The number of methoxy groups -OCH3 is 1. The molecule has 0 aliphatic rings. The van der Waals surface area contributed by atoms with Gasteiger partial charge in [-0.2, -0.15) is 0 Å². The number of rotatable bonds is 3. The second-order valence-corrected chi connectivity index (χ2v) is 4.06. The number of aromatic amines is 1. The number of hydrogen-bond acceptors (Lipinski definition) is 2. The number of H-pyrrole nitrogens is 1. The second kappa shape index (κ2) is 4.18. The van der Waals surface area contributed by atoms with E-state index in [2.05, 4.69) is 27.6 Å². The Morgan fingerprint density at radius 1 is 1.43 bits per heavy atom. The van der Waals surface area contributed by atoms with Crippen molar-refractivity contribution in [3.8, 4) is 5.75 Å². The summed E-state index contributed by atoms with van der Waals surface area (Å²) >= 11 is 2.30. The first-order chi connectivity index (χ1) is 6.81. The Morgan fingerprint density at radius 3 is 3.07 bits per heavy atom. The first-order valence-electron chi connectivity index (χ1n) is 4.19. The molecule has 2 rings (SSSR count). The van der Waals surface area contributed by atoms with Gasteiger partial charge >= 0.3 is 0 Å². The molecule has 14 heavy (non-hydrogen) atoms. The Labute approximate surface area is 95.5 Å².